The van der Waals surface area contributed by atoms with Gasteiger partial charge in [-0.05, 0) is 24.8 Å². The molecular weight excluding hydrogens is 384 g/mol. The number of hydrogen-bond acceptors (Lipinski definition) is 5. The van der Waals surface area contributed by atoms with E-state index in [-0.39, 0.29) is 49.0 Å². The van der Waals surface area contributed by atoms with Crippen LogP contribution in [0.15, 0.2) is 36.5 Å². The zero-order chi connectivity index (χ0) is 21.3. The number of imide groups is 1. The highest BCUT2D eigenvalue weighted by atomic mass is 16.5. The number of nitrogens with zero attached hydrogens (tertiary/aromatic N) is 1. The van der Waals surface area contributed by atoms with Gasteiger partial charge < -0.3 is 9.72 Å². The van der Waals surface area contributed by atoms with Crippen LogP contribution in [0.1, 0.15) is 42.1 Å². The molecule has 1 N–H and O–H groups in total. The van der Waals surface area contributed by atoms with Crippen LogP contribution in [0.5, 0.6) is 0 Å². The van der Waals surface area contributed by atoms with Gasteiger partial charge in [0.05, 0.1) is 18.3 Å². The first-order valence-corrected chi connectivity index (χ1v) is 10.3. The van der Waals surface area contributed by atoms with Crippen LogP contribution in [0.4, 0.5) is 0 Å². The number of ether oxygens (including phenoxy) is 1. The summed E-state index contributed by atoms with van der Waals surface area (Å²) in [6, 6.07) is 5.76. The summed E-state index contributed by atoms with van der Waals surface area (Å²) in [6.07, 6.45) is 7.33. The van der Waals surface area contributed by atoms with Crippen LogP contribution in [0.3, 0.4) is 0 Å². The van der Waals surface area contributed by atoms with E-state index in [0.29, 0.717) is 18.4 Å². The van der Waals surface area contributed by atoms with Crippen molar-refractivity contribution < 1.29 is 23.9 Å². The zero-order valence-electron chi connectivity index (χ0n) is 16.8. The van der Waals surface area contributed by atoms with Gasteiger partial charge in [0.15, 0.2) is 6.61 Å². The third-order valence-corrected chi connectivity index (χ3v) is 5.99. The Labute approximate surface area is 174 Å². The van der Waals surface area contributed by atoms with Crippen LogP contribution in [-0.4, -0.2) is 46.6 Å². The Bertz CT molecular complexity index is 1030. The Hall–Kier alpha value is -3.22. The molecular formula is C23H24N2O5. The number of carbonyl (C=O) groups is 4. The van der Waals surface area contributed by atoms with Crippen LogP contribution in [0.2, 0.25) is 0 Å². The van der Waals surface area contributed by atoms with Gasteiger partial charge in [-0.25, -0.2) is 0 Å². The second-order valence-electron chi connectivity index (χ2n) is 7.71. The second kappa shape index (κ2) is 8.26. The lowest BCUT2D eigenvalue weighted by Gasteiger charge is -2.14. The minimum Gasteiger partial charge on any atom is -0.457 e. The molecule has 2 aromatic rings. The second-order valence-corrected chi connectivity index (χ2v) is 7.71. The first-order valence-electron chi connectivity index (χ1n) is 10.3. The topological polar surface area (TPSA) is 96.5 Å². The molecule has 156 valence electrons. The molecule has 2 amide bonds. The summed E-state index contributed by atoms with van der Waals surface area (Å²) in [4.78, 5) is 53.8. The lowest BCUT2D eigenvalue weighted by Crippen LogP contribution is -2.33. The molecule has 2 atom stereocenters. The van der Waals surface area contributed by atoms with Gasteiger partial charge in [0.1, 0.15) is 0 Å². The number of H-pyrrole nitrogens is 1. The highest BCUT2D eigenvalue weighted by Gasteiger charge is 2.46. The first kappa shape index (κ1) is 20.1. The number of hydrogen-bond donors (Lipinski definition) is 1. The average Bonchev–Trinajstić information content (AvgIpc) is 3.30. The van der Waals surface area contributed by atoms with Gasteiger partial charge in [-0.15, -0.1) is 0 Å². The number of Topliss-reactive ketones (excluding diaryl/α,β-unsaturated/α-hetero) is 1. The smallest absolute Gasteiger partial charge is 0.308 e. The number of ketones is 1. The van der Waals surface area contributed by atoms with E-state index in [1.54, 1.807) is 6.20 Å². The maximum Gasteiger partial charge on any atom is 0.308 e. The van der Waals surface area contributed by atoms with Crippen molar-refractivity contribution in [1.82, 2.24) is 9.88 Å². The van der Waals surface area contributed by atoms with Crippen LogP contribution in [-0.2, 0) is 25.5 Å². The van der Waals surface area contributed by atoms with Gasteiger partial charge in [-0.1, -0.05) is 37.3 Å². The summed E-state index contributed by atoms with van der Waals surface area (Å²) < 4.78 is 5.12. The molecule has 0 bridgehead atoms. The SMILES string of the molecule is CCc1cccc2c(C(=O)COC(=O)CCN3C(=O)[C@H]4CC=CC[C@H]4C3=O)c[nH]c12. The molecule has 1 aliphatic heterocycles. The van der Waals surface area contributed by atoms with E-state index in [9.17, 15) is 19.2 Å². The molecule has 1 fully saturated rings. The third kappa shape index (κ3) is 3.56. The number of benzene rings is 1. The van der Waals surface area contributed by atoms with Crippen molar-refractivity contribution >= 4 is 34.5 Å². The molecule has 0 spiro atoms. The lowest BCUT2D eigenvalue weighted by molar-refractivity contribution is -0.145. The zero-order valence-corrected chi connectivity index (χ0v) is 16.8. The molecule has 2 aliphatic rings. The minimum atomic E-state index is -0.606. The van der Waals surface area contributed by atoms with Crippen LogP contribution in [0.25, 0.3) is 10.9 Å². The molecule has 2 heterocycles. The Balaban J connectivity index is 1.32. The van der Waals surface area contributed by atoms with Crippen molar-refractivity contribution in [2.75, 3.05) is 13.2 Å². The number of nitrogens with one attached hydrogen (secondary N) is 1. The predicted octanol–water partition coefficient (Wildman–Crippen LogP) is 2.80. The van der Waals surface area contributed by atoms with Gasteiger partial charge in [0, 0.05) is 29.2 Å². The highest BCUT2D eigenvalue weighted by Crippen LogP contribution is 2.35. The van der Waals surface area contributed by atoms with Crippen LogP contribution in [0, 0.1) is 11.8 Å². The molecule has 0 radical (unpaired) electrons. The molecule has 7 nitrogen and oxygen atoms in total. The van der Waals surface area contributed by atoms with Gasteiger partial charge in [-0.2, -0.15) is 0 Å². The molecule has 1 aromatic carbocycles. The fourth-order valence-electron chi connectivity index (χ4n) is 4.33. The fraction of sp³-hybridized carbons (Fsp3) is 0.391. The number of carbonyl (C=O) groups excluding carboxylic acids is 4. The van der Waals surface area contributed by atoms with Gasteiger partial charge in [0.25, 0.3) is 0 Å². The number of aromatic amines is 1. The first-order chi connectivity index (χ1) is 14.5. The van der Waals surface area contributed by atoms with E-state index in [1.807, 2.05) is 37.3 Å². The number of esters is 1. The number of fused-ring (bicyclic) bond motifs is 2. The van der Waals surface area contributed by atoms with Crippen LogP contribution < -0.4 is 0 Å². The largest absolute Gasteiger partial charge is 0.457 e. The Kier molecular flexibility index (Phi) is 5.53. The average molecular weight is 408 g/mol. The van der Waals surface area contributed by atoms with Crippen molar-refractivity contribution in [1.29, 1.82) is 0 Å². The molecule has 0 unspecified atom stereocenters. The fourth-order valence-corrected chi connectivity index (χ4v) is 4.33. The Morgan fingerprint density at radius 3 is 2.50 bits per heavy atom. The minimum absolute atomic E-state index is 0.00929. The lowest BCUT2D eigenvalue weighted by atomic mass is 9.85. The van der Waals surface area contributed by atoms with E-state index in [1.165, 1.54) is 0 Å². The van der Waals surface area contributed by atoms with Gasteiger partial charge >= 0.3 is 5.97 Å². The summed E-state index contributed by atoms with van der Waals surface area (Å²) in [5.41, 5.74) is 2.51. The third-order valence-electron chi connectivity index (χ3n) is 5.99. The molecule has 1 aromatic heterocycles. The van der Waals surface area contributed by atoms with Crippen LogP contribution >= 0.6 is 0 Å². The molecule has 0 saturated carbocycles. The quantitative estimate of drug-likeness (QED) is 0.329. The summed E-state index contributed by atoms with van der Waals surface area (Å²) in [6.45, 7) is 1.66. The molecule has 30 heavy (non-hydrogen) atoms. The van der Waals surface area contributed by atoms with Crippen molar-refractivity contribution in [3.05, 3.63) is 47.7 Å². The standard InChI is InChI=1S/C23H24N2O5/c1-2-14-6-5-9-15-18(12-24-21(14)15)19(26)13-30-20(27)10-11-25-22(28)16-7-3-4-8-17(16)23(25)29/h3-6,9,12,16-17,24H,2,7-8,10-11,13H2,1H3/t16-,17+. The predicted molar refractivity (Wildman–Crippen MR) is 110 cm³/mol. The molecule has 1 aliphatic carbocycles. The van der Waals surface area contributed by atoms with E-state index in [4.69, 9.17) is 4.74 Å². The van der Waals surface area contributed by atoms with Crippen molar-refractivity contribution in [2.24, 2.45) is 11.8 Å². The maximum absolute atomic E-state index is 12.5. The monoisotopic (exact) mass is 408 g/mol. The Morgan fingerprint density at radius 2 is 1.83 bits per heavy atom. The number of aryl methyl sites for hydroxylation is 1. The molecule has 4 rings (SSSR count). The molecule has 1 saturated heterocycles. The summed E-state index contributed by atoms with van der Waals surface area (Å²) in [7, 11) is 0. The van der Waals surface area contributed by atoms with Gasteiger partial charge in [0.2, 0.25) is 17.6 Å². The van der Waals surface area contributed by atoms with Crippen molar-refractivity contribution in [3.63, 3.8) is 0 Å². The van der Waals surface area contributed by atoms with Crippen molar-refractivity contribution in [3.8, 4) is 0 Å². The summed E-state index contributed by atoms with van der Waals surface area (Å²) in [5.74, 6) is -1.96. The van der Waals surface area contributed by atoms with E-state index in [0.717, 1.165) is 27.8 Å². The van der Waals surface area contributed by atoms with Crippen molar-refractivity contribution in [2.45, 2.75) is 32.6 Å². The normalized spacial score (nSPS) is 20.6. The maximum atomic E-state index is 12.5. The van der Waals surface area contributed by atoms with E-state index in [2.05, 4.69) is 4.98 Å². The summed E-state index contributed by atoms with van der Waals surface area (Å²) in [5, 5.41) is 0.805. The highest BCUT2D eigenvalue weighted by molar-refractivity contribution is 6.09. The van der Waals surface area contributed by atoms with E-state index < -0.39 is 5.97 Å². The number of allylic oxidation sites excluding steroid dienone is 2. The number of rotatable bonds is 7. The number of aromatic nitrogens is 1. The summed E-state index contributed by atoms with van der Waals surface area (Å²) >= 11 is 0. The molecule has 7 heteroatoms. The number of likely N-dealkylation sites (tertiary alicyclic amines) is 1. The number of amides is 2. The van der Waals surface area contributed by atoms with Gasteiger partial charge in [-0.3, -0.25) is 24.1 Å². The Morgan fingerprint density at radius 1 is 1.13 bits per heavy atom. The van der Waals surface area contributed by atoms with E-state index >= 15 is 0 Å². The number of para-hydroxylation sites is 1.